The summed E-state index contributed by atoms with van der Waals surface area (Å²) in [5.41, 5.74) is 3.52. The molecule has 38 heavy (non-hydrogen) atoms. The lowest BCUT2D eigenvalue weighted by atomic mass is 10.1. The van der Waals surface area contributed by atoms with Gasteiger partial charge in [-0.3, -0.25) is 14.8 Å². The Morgan fingerprint density at radius 3 is 2.66 bits per heavy atom. The van der Waals surface area contributed by atoms with E-state index in [-0.39, 0.29) is 5.69 Å². The molecule has 0 fully saturated rings. The first-order valence-corrected chi connectivity index (χ1v) is 12.5. The van der Waals surface area contributed by atoms with Crippen LogP contribution in [0.3, 0.4) is 0 Å². The van der Waals surface area contributed by atoms with Gasteiger partial charge >= 0.3 is 0 Å². The molecule has 5 rings (SSSR count). The second kappa shape index (κ2) is 11.2. The van der Waals surface area contributed by atoms with Crippen LogP contribution in [0, 0.1) is 0 Å². The Labute approximate surface area is 222 Å². The molecule has 0 saturated heterocycles. The molecule has 4 aromatic heterocycles. The van der Waals surface area contributed by atoms with Crippen LogP contribution < -0.4 is 19.5 Å². The zero-order valence-corrected chi connectivity index (χ0v) is 21.7. The van der Waals surface area contributed by atoms with Crippen molar-refractivity contribution < 1.29 is 23.7 Å². The van der Waals surface area contributed by atoms with Gasteiger partial charge in [0.05, 0.1) is 49.9 Å². The van der Waals surface area contributed by atoms with Crippen LogP contribution in [0.2, 0.25) is 0 Å². The van der Waals surface area contributed by atoms with Gasteiger partial charge in [-0.25, -0.2) is 9.67 Å². The predicted octanol–water partition coefficient (Wildman–Crippen LogP) is 4.87. The third-order valence-corrected chi connectivity index (χ3v) is 6.23. The number of aromatic nitrogens is 5. The standard InChI is InChI=1S/C26H24N6O5S/c1-4-36-22-12-30-32(24-13-27-15-38-24)25(22)26(33)31-23-6-5-17(11-29-23)37-20-7-8-28-19-10-21(35-3)16(14-34-2)9-18(19)20/h5-13,15H,4,14H2,1-3H3,(H,29,31,33). The number of carbonyl (C=O) groups excluding carboxylic acids is 1. The number of ether oxygens (including phenoxy) is 4. The quantitative estimate of drug-likeness (QED) is 0.268. The van der Waals surface area contributed by atoms with Crippen molar-refractivity contribution >= 4 is 34.0 Å². The number of carbonyl (C=O) groups is 1. The van der Waals surface area contributed by atoms with Crippen molar-refractivity contribution in [2.24, 2.45) is 0 Å². The number of hydrogen-bond donors (Lipinski definition) is 1. The van der Waals surface area contributed by atoms with Gasteiger partial charge < -0.3 is 24.3 Å². The molecular weight excluding hydrogens is 508 g/mol. The van der Waals surface area contributed by atoms with E-state index in [9.17, 15) is 4.79 Å². The highest BCUT2D eigenvalue weighted by atomic mass is 32.1. The Balaban J connectivity index is 1.36. The monoisotopic (exact) mass is 532 g/mol. The van der Waals surface area contributed by atoms with Crippen LogP contribution in [-0.2, 0) is 11.3 Å². The molecule has 0 unspecified atom stereocenters. The molecule has 1 amide bonds. The minimum Gasteiger partial charge on any atom is -0.496 e. The highest BCUT2D eigenvalue weighted by Gasteiger charge is 2.22. The molecule has 194 valence electrons. The van der Waals surface area contributed by atoms with Crippen molar-refractivity contribution in [3.63, 3.8) is 0 Å². The van der Waals surface area contributed by atoms with Crippen LogP contribution in [-0.4, -0.2) is 51.5 Å². The maximum absolute atomic E-state index is 13.2. The van der Waals surface area contributed by atoms with E-state index in [1.54, 1.807) is 50.3 Å². The Kier molecular flexibility index (Phi) is 7.43. The minimum absolute atomic E-state index is 0.253. The van der Waals surface area contributed by atoms with Crippen LogP contribution in [0.5, 0.6) is 23.0 Å². The van der Waals surface area contributed by atoms with Gasteiger partial charge in [0.1, 0.15) is 28.1 Å². The molecule has 0 radical (unpaired) electrons. The number of benzene rings is 1. The molecule has 1 aromatic carbocycles. The first-order chi connectivity index (χ1) is 18.6. The number of nitrogens with one attached hydrogen (secondary N) is 1. The summed E-state index contributed by atoms with van der Waals surface area (Å²) in [6.07, 6.45) is 6.34. The largest absolute Gasteiger partial charge is 0.496 e. The van der Waals surface area contributed by atoms with Gasteiger partial charge in [0.25, 0.3) is 5.91 Å². The molecule has 0 bridgehead atoms. The molecule has 0 saturated carbocycles. The number of fused-ring (bicyclic) bond motifs is 1. The van der Waals surface area contributed by atoms with Gasteiger partial charge in [-0.15, -0.1) is 11.3 Å². The van der Waals surface area contributed by atoms with E-state index in [1.165, 1.54) is 28.4 Å². The van der Waals surface area contributed by atoms with Crippen molar-refractivity contribution in [1.29, 1.82) is 0 Å². The van der Waals surface area contributed by atoms with Gasteiger partial charge in [-0.05, 0) is 31.2 Å². The molecule has 12 heteroatoms. The molecule has 11 nitrogen and oxygen atoms in total. The van der Waals surface area contributed by atoms with Gasteiger partial charge in [-0.1, -0.05) is 0 Å². The lowest BCUT2D eigenvalue weighted by Gasteiger charge is -2.13. The second-order valence-electron chi connectivity index (χ2n) is 7.90. The topological polar surface area (TPSA) is 123 Å². The number of rotatable bonds is 10. The Bertz CT molecular complexity index is 1550. The maximum Gasteiger partial charge on any atom is 0.279 e. The fraction of sp³-hybridized carbons (Fsp3) is 0.192. The summed E-state index contributed by atoms with van der Waals surface area (Å²) in [5.74, 6) is 2.07. The summed E-state index contributed by atoms with van der Waals surface area (Å²) in [5, 5.41) is 8.59. The number of nitrogens with zero attached hydrogens (tertiary/aromatic N) is 5. The van der Waals surface area contributed by atoms with Crippen molar-refractivity contribution in [2.75, 3.05) is 26.1 Å². The molecule has 1 N–H and O–H groups in total. The fourth-order valence-corrected chi connectivity index (χ4v) is 4.43. The van der Waals surface area contributed by atoms with Crippen molar-refractivity contribution in [3.05, 3.63) is 71.9 Å². The summed E-state index contributed by atoms with van der Waals surface area (Å²) in [4.78, 5) is 26.0. The maximum atomic E-state index is 13.2. The smallest absolute Gasteiger partial charge is 0.279 e. The average molecular weight is 533 g/mol. The Morgan fingerprint density at radius 1 is 1.05 bits per heavy atom. The molecule has 4 heterocycles. The van der Waals surface area contributed by atoms with Gasteiger partial charge in [0, 0.05) is 30.3 Å². The average Bonchev–Trinajstić information content (AvgIpc) is 3.60. The summed E-state index contributed by atoms with van der Waals surface area (Å²) in [6, 6.07) is 8.93. The van der Waals surface area contributed by atoms with Crippen LogP contribution in [0.4, 0.5) is 5.82 Å². The first kappa shape index (κ1) is 25.1. The van der Waals surface area contributed by atoms with Crippen LogP contribution >= 0.6 is 11.3 Å². The van der Waals surface area contributed by atoms with Gasteiger partial charge in [0.2, 0.25) is 0 Å². The third kappa shape index (κ3) is 5.12. The number of amides is 1. The van der Waals surface area contributed by atoms with Gasteiger partial charge in [-0.2, -0.15) is 5.10 Å². The summed E-state index contributed by atoms with van der Waals surface area (Å²) < 4.78 is 24.0. The number of pyridine rings is 2. The normalized spacial score (nSPS) is 10.9. The van der Waals surface area contributed by atoms with E-state index in [0.717, 1.165) is 16.5 Å². The molecule has 0 spiro atoms. The van der Waals surface area contributed by atoms with Crippen molar-refractivity contribution in [3.8, 4) is 28.0 Å². The van der Waals surface area contributed by atoms with E-state index < -0.39 is 5.91 Å². The number of methoxy groups -OCH3 is 2. The van der Waals surface area contributed by atoms with Crippen LogP contribution in [0.1, 0.15) is 23.0 Å². The summed E-state index contributed by atoms with van der Waals surface area (Å²) >= 11 is 1.36. The Hall–Kier alpha value is -4.55. The summed E-state index contributed by atoms with van der Waals surface area (Å²) in [6.45, 7) is 2.62. The third-order valence-electron chi connectivity index (χ3n) is 5.49. The van der Waals surface area contributed by atoms with E-state index in [1.807, 2.05) is 19.1 Å². The fourth-order valence-electron chi connectivity index (χ4n) is 3.84. The highest BCUT2D eigenvalue weighted by Crippen LogP contribution is 2.33. The molecule has 0 aliphatic heterocycles. The van der Waals surface area contributed by atoms with Crippen LogP contribution in [0.15, 0.2) is 60.6 Å². The molecular formula is C26H24N6O5S. The molecule has 0 atom stereocenters. The second-order valence-corrected chi connectivity index (χ2v) is 8.77. The van der Waals surface area contributed by atoms with Crippen molar-refractivity contribution in [2.45, 2.75) is 13.5 Å². The van der Waals surface area contributed by atoms with Gasteiger partial charge in [0.15, 0.2) is 11.4 Å². The highest BCUT2D eigenvalue weighted by molar-refractivity contribution is 7.12. The summed E-state index contributed by atoms with van der Waals surface area (Å²) in [7, 11) is 3.23. The van der Waals surface area contributed by atoms with E-state index >= 15 is 0 Å². The molecule has 0 aliphatic carbocycles. The minimum atomic E-state index is -0.416. The zero-order chi connectivity index (χ0) is 26.5. The number of anilines is 1. The van der Waals surface area contributed by atoms with E-state index in [0.29, 0.717) is 47.0 Å². The van der Waals surface area contributed by atoms with E-state index in [4.69, 9.17) is 18.9 Å². The Morgan fingerprint density at radius 2 is 1.95 bits per heavy atom. The van der Waals surface area contributed by atoms with Crippen LogP contribution in [0.25, 0.3) is 15.9 Å². The first-order valence-electron chi connectivity index (χ1n) is 11.6. The molecule has 5 aromatic rings. The molecule has 0 aliphatic rings. The van der Waals surface area contributed by atoms with Crippen molar-refractivity contribution in [1.82, 2.24) is 24.7 Å². The van der Waals surface area contributed by atoms with E-state index in [2.05, 4.69) is 25.4 Å². The lowest BCUT2D eigenvalue weighted by molar-refractivity contribution is 0.101. The number of thiazole rings is 1. The zero-order valence-electron chi connectivity index (χ0n) is 20.9. The predicted molar refractivity (Wildman–Crippen MR) is 142 cm³/mol. The number of hydrogen-bond acceptors (Lipinski definition) is 10. The lowest BCUT2D eigenvalue weighted by Crippen LogP contribution is -2.18. The SMILES string of the molecule is CCOc1cnn(-c2cncs2)c1C(=O)Nc1ccc(Oc2ccnc3cc(OC)c(COC)cc23)cn1.